The predicted molar refractivity (Wildman–Crippen MR) is 87.8 cm³/mol. The summed E-state index contributed by atoms with van der Waals surface area (Å²) in [6.07, 6.45) is 2.46. The lowest BCUT2D eigenvalue weighted by atomic mass is 9.99. The first-order valence-corrected chi connectivity index (χ1v) is 8.00. The van der Waals surface area contributed by atoms with Crippen molar-refractivity contribution in [2.75, 3.05) is 25.0 Å². The van der Waals surface area contributed by atoms with Gasteiger partial charge in [-0.15, -0.1) is 0 Å². The van der Waals surface area contributed by atoms with Crippen molar-refractivity contribution in [1.29, 1.82) is 0 Å². The second-order valence-corrected chi connectivity index (χ2v) is 6.36. The van der Waals surface area contributed by atoms with Crippen molar-refractivity contribution in [1.82, 2.24) is 4.90 Å². The summed E-state index contributed by atoms with van der Waals surface area (Å²) >= 11 is 0. The van der Waals surface area contributed by atoms with Crippen LogP contribution in [0.15, 0.2) is 54.6 Å². The van der Waals surface area contributed by atoms with Gasteiger partial charge in [0.1, 0.15) is 0 Å². The largest absolute Gasteiger partial charge is 0.380 e. The Bertz CT molecular complexity index is 583. The first kappa shape index (κ1) is 12.9. The zero-order valence-electron chi connectivity index (χ0n) is 12.3. The van der Waals surface area contributed by atoms with Crippen LogP contribution in [0, 0.1) is 0 Å². The zero-order valence-corrected chi connectivity index (χ0v) is 12.3. The molecule has 0 spiro atoms. The van der Waals surface area contributed by atoms with Crippen LogP contribution in [0.2, 0.25) is 0 Å². The molecule has 0 aliphatic carbocycles. The van der Waals surface area contributed by atoms with Crippen LogP contribution in [-0.4, -0.2) is 30.6 Å². The number of fused-ring (bicyclic) bond motifs is 1. The number of hydrogen-bond acceptors (Lipinski definition) is 2. The average molecular weight is 278 g/mol. The van der Waals surface area contributed by atoms with Crippen molar-refractivity contribution in [3.63, 3.8) is 0 Å². The van der Waals surface area contributed by atoms with Crippen molar-refractivity contribution in [3.8, 4) is 0 Å². The molecular weight excluding hydrogens is 256 g/mol. The minimum absolute atomic E-state index is 0.580. The molecule has 0 aromatic heterocycles. The number of likely N-dealkylation sites (tertiary alicyclic amines) is 1. The van der Waals surface area contributed by atoms with Crippen molar-refractivity contribution >= 4 is 5.69 Å². The molecule has 2 heteroatoms. The second kappa shape index (κ2) is 5.53. The summed E-state index contributed by atoms with van der Waals surface area (Å²) in [4.78, 5) is 2.63. The Morgan fingerprint density at radius 2 is 1.81 bits per heavy atom. The van der Waals surface area contributed by atoms with Crippen LogP contribution in [0.25, 0.3) is 0 Å². The smallest absolute Gasteiger partial charge is 0.0429 e. The second-order valence-electron chi connectivity index (χ2n) is 6.36. The van der Waals surface area contributed by atoms with Gasteiger partial charge in [-0.2, -0.15) is 0 Å². The molecule has 108 valence electrons. The SMILES string of the molecule is c1ccc(C2CCN(CC3Cc4ccccc4N3)C2)cc1. The molecule has 0 amide bonds. The van der Waals surface area contributed by atoms with Gasteiger partial charge in [0.2, 0.25) is 0 Å². The summed E-state index contributed by atoms with van der Waals surface area (Å²) in [6, 6.07) is 20.3. The highest BCUT2D eigenvalue weighted by Crippen LogP contribution is 2.29. The fourth-order valence-corrected chi connectivity index (χ4v) is 3.79. The number of hydrogen-bond donors (Lipinski definition) is 1. The molecule has 2 aromatic carbocycles. The Morgan fingerprint density at radius 1 is 1.00 bits per heavy atom. The van der Waals surface area contributed by atoms with E-state index in [-0.39, 0.29) is 0 Å². The highest BCUT2D eigenvalue weighted by molar-refractivity contribution is 5.56. The van der Waals surface area contributed by atoms with E-state index in [2.05, 4.69) is 64.8 Å². The molecular formula is C19H22N2. The van der Waals surface area contributed by atoms with E-state index in [1.807, 2.05) is 0 Å². The molecule has 2 atom stereocenters. The van der Waals surface area contributed by atoms with Gasteiger partial charge in [0, 0.05) is 24.8 Å². The first-order valence-electron chi connectivity index (χ1n) is 8.00. The lowest BCUT2D eigenvalue weighted by molar-refractivity contribution is 0.319. The van der Waals surface area contributed by atoms with Gasteiger partial charge in [-0.05, 0) is 42.5 Å². The average Bonchev–Trinajstić information content (AvgIpc) is 3.14. The van der Waals surface area contributed by atoms with E-state index in [1.54, 1.807) is 0 Å². The summed E-state index contributed by atoms with van der Waals surface area (Å²) in [5, 5.41) is 3.67. The minimum Gasteiger partial charge on any atom is -0.380 e. The van der Waals surface area contributed by atoms with E-state index >= 15 is 0 Å². The number of nitrogens with zero attached hydrogens (tertiary/aromatic N) is 1. The van der Waals surface area contributed by atoms with E-state index in [4.69, 9.17) is 0 Å². The maximum absolute atomic E-state index is 3.67. The molecule has 1 fully saturated rings. The van der Waals surface area contributed by atoms with Crippen molar-refractivity contribution in [3.05, 3.63) is 65.7 Å². The summed E-state index contributed by atoms with van der Waals surface area (Å²) in [5.41, 5.74) is 4.31. The summed E-state index contributed by atoms with van der Waals surface area (Å²) < 4.78 is 0. The van der Waals surface area contributed by atoms with Gasteiger partial charge in [0.05, 0.1) is 0 Å². The third-order valence-electron chi connectivity index (χ3n) is 4.87. The van der Waals surface area contributed by atoms with Gasteiger partial charge >= 0.3 is 0 Å². The highest BCUT2D eigenvalue weighted by Gasteiger charge is 2.28. The van der Waals surface area contributed by atoms with Crippen LogP contribution in [0.3, 0.4) is 0 Å². The van der Waals surface area contributed by atoms with Gasteiger partial charge in [-0.25, -0.2) is 0 Å². The number of rotatable bonds is 3. The summed E-state index contributed by atoms with van der Waals surface area (Å²) in [7, 11) is 0. The number of para-hydroxylation sites is 1. The van der Waals surface area contributed by atoms with Crippen LogP contribution in [-0.2, 0) is 6.42 Å². The van der Waals surface area contributed by atoms with Gasteiger partial charge < -0.3 is 10.2 Å². The Balaban J connectivity index is 1.36. The van der Waals surface area contributed by atoms with Crippen LogP contribution in [0.4, 0.5) is 5.69 Å². The van der Waals surface area contributed by atoms with Crippen LogP contribution in [0.1, 0.15) is 23.5 Å². The molecule has 2 aliphatic heterocycles. The van der Waals surface area contributed by atoms with E-state index in [9.17, 15) is 0 Å². The molecule has 2 heterocycles. The fraction of sp³-hybridized carbons (Fsp3) is 0.368. The molecule has 2 nitrogen and oxygen atoms in total. The lowest BCUT2D eigenvalue weighted by Crippen LogP contribution is -2.34. The quantitative estimate of drug-likeness (QED) is 0.924. The topological polar surface area (TPSA) is 15.3 Å². The maximum Gasteiger partial charge on any atom is 0.0429 e. The molecule has 0 radical (unpaired) electrons. The normalized spacial score (nSPS) is 24.8. The molecule has 0 saturated carbocycles. The number of nitrogens with one attached hydrogen (secondary N) is 1. The molecule has 21 heavy (non-hydrogen) atoms. The molecule has 2 aliphatic rings. The third kappa shape index (κ3) is 2.68. The molecule has 0 bridgehead atoms. The minimum atomic E-state index is 0.580. The van der Waals surface area contributed by atoms with Crippen molar-refractivity contribution in [2.24, 2.45) is 0 Å². The first-order chi connectivity index (χ1) is 10.4. The molecule has 1 N–H and O–H groups in total. The number of anilines is 1. The van der Waals surface area contributed by atoms with Crippen molar-refractivity contribution < 1.29 is 0 Å². The van der Waals surface area contributed by atoms with Gasteiger partial charge in [-0.1, -0.05) is 48.5 Å². The molecule has 2 unspecified atom stereocenters. The van der Waals surface area contributed by atoms with E-state index in [0.29, 0.717) is 6.04 Å². The maximum atomic E-state index is 3.67. The Morgan fingerprint density at radius 3 is 2.67 bits per heavy atom. The van der Waals surface area contributed by atoms with Gasteiger partial charge in [-0.3, -0.25) is 0 Å². The number of benzene rings is 2. The van der Waals surface area contributed by atoms with E-state index in [0.717, 1.165) is 12.5 Å². The Hall–Kier alpha value is -1.80. The lowest BCUT2D eigenvalue weighted by Gasteiger charge is -2.21. The summed E-state index contributed by atoms with van der Waals surface area (Å²) in [5.74, 6) is 0.718. The Kier molecular flexibility index (Phi) is 3.40. The fourth-order valence-electron chi connectivity index (χ4n) is 3.79. The molecule has 2 aromatic rings. The molecule has 1 saturated heterocycles. The van der Waals surface area contributed by atoms with Gasteiger partial charge in [0.15, 0.2) is 0 Å². The standard InChI is InChI=1S/C19H22N2/c1-2-6-15(7-3-1)17-10-11-21(13-17)14-18-12-16-8-4-5-9-19(16)20-18/h1-9,17-18,20H,10-14H2. The van der Waals surface area contributed by atoms with E-state index < -0.39 is 0 Å². The molecule has 4 rings (SSSR count). The van der Waals surface area contributed by atoms with E-state index in [1.165, 1.54) is 42.7 Å². The van der Waals surface area contributed by atoms with Gasteiger partial charge in [0.25, 0.3) is 0 Å². The summed E-state index contributed by atoms with van der Waals surface area (Å²) in [6.45, 7) is 3.60. The zero-order chi connectivity index (χ0) is 14.1. The van der Waals surface area contributed by atoms with Crippen LogP contribution in [0.5, 0.6) is 0 Å². The monoisotopic (exact) mass is 278 g/mol. The van der Waals surface area contributed by atoms with Crippen molar-refractivity contribution in [2.45, 2.75) is 24.8 Å². The Labute approximate surface area is 126 Å². The van der Waals surface area contributed by atoms with Crippen LogP contribution < -0.4 is 5.32 Å². The van der Waals surface area contributed by atoms with Crippen LogP contribution >= 0.6 is 0 Å². The predicted octanol–water partition coefficient (Wildman–Crippen LogP) is 3.51. The highest BCUT2D eigenvalue weighted by atomic mass is 15.2. The third-order valence-corrected chi connectivity index (χ3v) is 4.87.